The summed E-state index contributed by atoms with van der Waals surface area (Å²) in [6, 6.07) is 0. The zero-order chi connectivity index (χ0) is 7.56. The van der Waals surface area contributed by atoms with Crippen molar-refractivity contribution in [2.24, 2.45) is 0 Å². The summed E-state index contributed by atoms with van der Waals surface area (Å²) in [6.45, 7) is 0. The first-order valence-corrected chi connectivity index (χ1v) is 5.50. The molecule has 0 aromatic carbocycles. The molecule has 1 aliphatic carbocycles. The molecular weight excluding hydrogens is 172 g/mol. The minimum absolute atomic E-state index is 0.185. The number of rotatable bonds is 1. The van der Waals surface area contributed by atoms with Crippen molar-refractivity contribution in [3.05, 3.63) is 0 Å². The Hall–Kier alpha value is 0.400. The lowest BCUT2D eigenvalue weighted by atomic mass is 9.97. The summed E-state index contributed by atoms with van der Waals surface area (Å²) in [4.78, 5) is 0. The smallest absolute Gasteiger partial charge is 0.120 e. The quantitative estimate of drug-likeness (QED) is 0.619. The third-order valence-electron chi connectivity index (χ3n) is 1.91. The summed E-state index contributed by atoms with van der Waals surface area (Å²) >= 11 is 0. The van der Waals surface area contributed by atoms with Crippen molar-refractivity contribution < 1.29 is 9.32 Å². The van der Waals surface area contributed by atoms with Crippen LogP contribution in [0.4, 0.5) is 0 Å². The van der Waals surface area contributed by atoms with E-state index < -0.39 is 16.1 Å². The summed E-state index contributed by atoms with van der Waals surface area (Å²) in [5.41, 5.74) is 0. The zero-order valence-electron chi connectivity index (χ0n) is 5.62. The minimum atomic E-state index is -1.36. The van der Waals surface area contributed by atoms with E-state index >= 15 is 0 Å². The molecule has 0 amide bonds. The van der Waals surface area contributed by atoms with Crippen LogP contribution in [-0.4, -0.2) is 20.7 Å². The third-order valence-corrected chi connectivity index (χ3v) is 3.62. The van der Waals surface area contributed by atoms with Crippen LogP contribution in [0.3, 0.4) is 0 Å². The van der Waals surface area contributed by atoms with Gasteiger partial charge in [-0.25, -0.2) is 4.21 Å². The van der Waals surface area contributed by atoms with Crippen LogP contribution in [0.5, 0.6) is 0 Å². The number of aliphatic hydroxyl groups excluding tert-OH is 1. The maximum Gasteiger partial charge on any atom is 0.120 e. The molecule has 0 radical (unpaired) electrons. The van der Waals surface area contributed by atoms with Crippen LogP contribution in [0.15, 0.2) is 0 Å². The molecule has 1 N–H and O–H groups in total. The van der Waals surface area contributed by atoms with Gasteiger partial charge in [0.25, 0.3) is 0 Å². The summed E-state index contributed by atoms with van der Waals surface area (Å²) in [5.74, 6) is 0. The highest BCUT2D eigenvalue weighted by molar-refractivity contribution is 8.08. The molecule has 0 aromatic rings. The normalized spacial score (nSPS) is 37.4. The molecule has 1 saturated carbocycles. The van der Waals surface area contributed by atoms with Crippen LogP contribution in [0.25, 0.3) is 0 Å². The molecule has 1 rings (SSSR count). The van der Waals surface area contributed by atoms with E-state index in [1.165, 1.54) is 0 Å². The van der Waals surface area contributed by atoms with Gasteiger partial charge in [-0.1, -0.05) is 12.8 Å². The summed E-state index contributed by atoms with van der Waals surface area (Å²) in [7, 11) is 4.00. The second-order valence-corrected chi connectivity index (χ2v) is 4.65. The Labute approximate surface area is 67.5 Å². The molecule has 2 nitrogen and oxygen atoms in total. The lowest BCUT2D eigenvalue weighted by Crippen LogP contribution is -2.31. The molecule has 4 heteroatoms. The third kappa shape index (κ3) is 1.94. The molecule has 3 unspecified atom stereocenters. The first-order chi connectivity index (χ1) is 4.72. The van der Waals surface area contributed by atoms with Gasteiger partial charge in [-0.2, -0.15) is 0 Å². The molecule has 0 aliphatic heterocycles. The average Bonchev–Trinajstić information content (AvgIpc) is 1.88. The van der Waals surface area contributed by atoms with Crippen molar-refractivity contribution in [1.82, 2.24) is 0 Å². The zero-order valence-corrected chi connectivity index (χ0v) is 7.20. The van der Waals surface area contributed by atoms with Gasteiger partial charge in [-0.3, -0.25) is 0 Å². The molecule has 3 atom stereocenters. The first kappa shape index (κ1) is 8.50. The molecule has 0 aromatic heterocycles. The summed E-state index contributed by atoms with van der Waals surface area (Å²) in [6.07, 6.45) is 3.19. The Kier molecular flexibility index (Phi) is 3.14. The summed E-state index contributed by atoms with van der Waals surface area (Å²) < 4.78 is 10.7. The summed E-state index contributed by atoms with van der Waals surface area (Å²) in [5, 5.41) is 9.08. The van der Waals surface area contributed by atoms with E-state index in [9.17, 15) is 9.32 Å². The SMILES string of the molecule is O=S(Cl)C1CCCCC1O. The van der Waals surface area contributed by atoms with E-state index in [4.69, 9.17) is 10.7 Å². The Morgan fingerprint density at radius 2 is 2.00 bits per heavy atom. The van der Waals surface area contributed by atoms with Gasteiger partial charge < -0.3 is 5.11 Å². The molecule has 10 heavy (non-hydrogen) atoms. The van der Waals surface area contributed by atoms with Crippen LogP contribution in [0, 0.1) is 0 Å². The van der Waals surface area contributed by atoms with Crippen molar-refractivity contribution in [3.63, 3.8) is 0 Å². The fourth-order valence-electron chi connectivity index (χ4n) is 1.29. The second-order valence-electron chi connectivity index (χ2n) is 2.64. The maximum atomic E-state index is 10.7. The predicted octanol–water partition coefficient (Wildman–Crippen LogP) is 1.19. The monoisotopic (exact) mass is 182 g/mol. The fraction of sp³-hybridized carbons (Fsp3) is 1.00. The average molecular weight is 183 g/mol. The molecular formula is C6H11ClO2S. The van der Waals surface area contributed by atoms with E-state index in [1.54, 1.807) is 0 Å². The first-order valence-electron chi connectivity index (χ1n) is 3.46. The van der Waals surface area contributed by atoms with Gasteiger partial charge in [0.05, 0.1) is 11.4 Å². The van der Waals surface area contributed by atoms with Crippen LogP contribution in [0.1, 0.15) is 25.7 Å². The molecule has 0 spiro atoms. The Bertz CT molecular complexity index is 140. The number of hydrogen-bond donors (Lipinski definition) is 1. The topological polar surface area (TPSA) is 37.3 Å². The minimum Gasteiger partial charge on any atom is -0.392 e. The molecule has 0 heterocycles. The van der Waals surface area contributed by atoms with Gasteiger partial charge in [0.1, 0.15) is 10.0 Å². The Balaban J connectivity index is 2.47. The van der Waals surface area contributed by atoms with Gasteiger partial charge in [-0.05, 0) is 23.5 Å². The predicted molar refractivity (Wildman–Crippen MR) is 42.3 cm³/mol. The molecule has 60 valence electrons. The van der Waals surface area contributed by atoms with Crippen LogP contribution in [-0.2, 0) is 10.0 Å². The Morgan fingerprint density at radius 1 is 1.40 bits per heavy atom. The molecule has 1 aliphatic rings. The Morgan fingerprint density at radius 3 is 2.40 bits per heavy atom. The van der Waals surface area contributed by atoms with Crippen molar-refractivity contribution in [2.45, 2.75) is 37.0 Å². The number of halogens is 1. The van der Waals surface area contributed by atoms with Crippen LogP contribution in [0.2, 0.25) is 0 Å². The van der Waals surface area contributed by atoms with Gasteiger partial charge in [0.2, 0.25) is 0 Å². The van der Waals surface area contributed by atoms with Crippen molar-refractivity contribution in [2.75, 3.05) is 0 Å². The van der Waals surface area contributed by atoms with E-state index in [-0.39, 0.29) is 5.25 Å². The highest BCUT2D eigenvalue weighted by Crippen LogP contribution is 2.23. The van der Waals surface area contributed by atoms with E-state index in [2.05, 4.69) is 0 Å². The van der Waals surface area contributed by atoms with E-state index in [0.29, 0.717) is 0 Å². The lowest BCUT2D eigenvalue weighted by Gasteiger charge is -2.23. The van der Waals surface area contributed by atoms with E-state index in [0.717, 1.165) is 25.7 Å². The van der Waals surface area contributed by atoms with E-state index in [1.807, 2.05) is 0 Å². The van der Waals surface area contributed by atoms with Gasteiger partial charge in [-0.15, -0.1) is 0 Å². The van der Waals surface area contributed by atoms with Crippen molar-refractivity contribution >= 4 is 20.7 Å². The fourth-order valence-corrected chi connectivity index (χ4v) is 2.65. The highest BCUT2D eigenvalue weighted by Gasteiger charge is 2.26. The standard InChI is InChI=1S/C6H11ClO2S/c7-10(9)6-4-2-1-3-5(6)8/h5-6,8H,1-4H2. The van der Waals surface area contributed by atoms with Crippen LogP contribution < -0.4 is 0 Å². The van der Waals surface area contributed by atoms with Gasteiger partial charge in [0, 0.05) is 0 Å². The van der Waals surface area contributed by atoms with Crippen molar-refractivity contribution in [3.8, 4) is 0 Å². The van der Waals surface area contributed by atoms with Crippen LogP contribution >= 0.6 is 10.7 Å². The number of hydrogen-bond acceptors (Lipinski definition) is 2. The number of aliphatic hydroxyl groups is 1. The van der Waals surface area contributed by atoms with Gasteiger partial charge >= 0.3 is 0 Å². The van der Waals surface area contributed by atoms with Crippen molar-refractivity contribution in [1.29, 1.82) is 0 Å². The highest BCUT2D eigenvalue weighted by atomic mass is 35.7. The maximum absolute atomic E-state index is 10.7. The lowest BCUT2D eigenvalue weighted by molar-refractivity contribution is 0.136. The molecule has 1 fully saturated rings. The largest absolute Gasteiger partial charge is 0.392 e. The second kappa shape index (κ2) is 3.69. The molecule has 0 bridgehead atoms. The molecule has 0 saturated heterocycles. The van der Waals surface area contributed by atoms with Gasteiger partial charge in [0.15, 0.2) is 0 Å².